The van der Waals surface area contributed by atoms with Crippen molar-refractivity contribution in [3.63, 3.8) is 0 Å². The number of nitrogens with two attached hydrogens (primary N) is 1. The summed E-state index contributed by atoms with van der Waals surface area (Å²) in [5, 5.41) is 11.4. The van der Waals surface area contributed by atoms with Crippen molar-refractivity contribution in [2.45, 2.75) is 20.0 Å². The number of hydrogen-bond acceptors (Lipinski definition) is 3. The van der Waals surface area contributed by atoms with Crippen molar-refractivity contribution in [2.75, 3.05) is 13.1 Å². The fourth-order valence-electron chi connectivity index (χ4n) is 0.530. The predicted octanol–water partition coefficient (Wildman–Crippen LogP) is -0.922. The van der Waals surface area contributed by atoms with Crippen LogP contribution < -0.4 is 11.1 Å². The molecule has 0 aliphatic carbocycles. The second-order valence-corrected chi connectivity index (χ2v) is 2.73. The van der Waals surface area contributed by atoms with E-state index in [1.54, 1.807) is 13.8 Å². The summed E-state index contributed by atoms with van der Waals surface area (Å²) in [4.78, 5) is 11.0. The van der Waals surface area contributed by atoms with Gasteiger partial charge in [0.15, 0.2) is 0 Å². The van der Waals surface area contributed by atoms with Gasteiger partial charge in [-0.05, 0) is 6.92 Å². The van der Waals surface area contributed by atoms with E-state index in [0.29, 0.717) is 13.1 Å². The van der Waals surface area contributed by atoms with Crippen LogP contribution in [-0.2, 0) is 4.79 Å². The normalized spacial score (nSPS) is 15.6. The van der Waals surface area contributed by atoms with E-state index in [-0.39, 0.29) is 11.8 Å². The maximum absolute atomic E-state index is 11.0. The Morgan fingerprint density at radius 2 is 2.18 bits per heavy atom. The van der Waals surface area contributed by atoms with E-state index in [2.05, 4.69) is 5.32 Å². The SMILES string of the molecule is CC(CN)C(=O)NC[C@H](C)O. The first-order valence-electron chi connectivity index (χ1n) is 3.73. The summed E-state index contributed by atoms with van der Waals surface area (Å²) < 4.78 is 0. The monoisotopic (exact) mass is 160 g/mol. The van der Waals surface area contributed by atoms with Gasteiger partial charge in [0, 0.05) is 19.0 Å². The molecule has 4 heteroatoms. The molecule has 0 aromatic carbocycles. The summed E-state index contributed by atoms with van der Waals surface area (Å²) in [7, 11) is 0. The number of amides is 1. The second-order valence-electron chi connectivity index (χ2n) is 2.73. The zero-order valence-electron chi connectivity index (χ0n) is 7.00. The number of hydrogen-bond donors (Lipinski definition) is 3. The zero-order chi connectivity index (χ0) is 8.85. The van der Waals surface area contributed by atoms with Crippen LogP contribution in [-0.4, -0.2) is 30.2 Å². The third-order valence-corrected chi connectivity index (χ3v) is 1.37. The molecule has 0 aliphatic rings. The van der Waals surface area contributed by atoms with Crippen LogP contribution in [0, 0.1) is 5.92 Å². The first kappa shape index (κ1) is 10.4. The molecule has 66 valence electrons. The van der Waals surface area contributed by atoms with Crippen molar-refractivity contribution in [1.29, 1.82) is 0 Å². The molecule has 0 rings (SSSR count). The lowest BCUT2D eigenvalue weighted by atomic mass is 10.2. The van der Waals surface area contributed by atoms with Gasteiger partial charge in [-0.2, -0.15) is 0 Å². The van der Waals surface area contributed by atoms with Crippen molar-refractivity contribution in [1.82, 2.24) is 5.32 Å². The van der Waals surface area contributed by atoms with Gasteiger partial charge in [-0.15, -0.1) is 0 Å². The van der Waals surface area contributed by atoms with Crippen molar-refractivity contribution < 1.29 is 9.90 Å². The summed E-state index contributed by atoms with van der Waals surface area (Å²) in [6.45, 7) is 4.00. The number of aliphatic hydroxyl groups excluding tert-OH is 1. The quantitative estimate of drug-likeness (QED) is 0.498. The molecule has 0 fully saturated rings. The summed E-state index contributed by atoms with van der Waals surface area (Å²) in [5.41, 5.74) is 5.26. The van der Waals surface area contributed by atoms with Gasteiger partial charge >= 0.3 is 0 Å². The van der Waals surface area contributed by atoms with Gasteiger partial charge in [0.25, 0.3) is 0 Å². The van der Waals surface area contributed by atoms with E-state index in [9.17, 15) is 4.79 Å². The molecule has 0 saturated heterocycles. The minimum absolute atomic E-state index is 0.103. The summed E-state index contributed by atoms with van der Waals surface area (Å²) in [6.07, 6.45) is -0.496. The summed E-state index contributed by atoms with van der Waals surface area (Å²) >= 11 is 0. The fourth-order valence-corrected chi connectivity index (χ4v) is 0.530. The molecular weight excluding hydrogens is 144 g/mol. The van der Waals surface area contributed by atoms with E-state index >= 15 is 0 Å². The third-order valence-electron chi connectivity index (χ3n) is 1.37. The molecule has 0 spiro atoms. The highest BCUT2D eigenvalue weighted by Gasteiger charge is 2.09. The van der Waals surface area contributed by atoms with Crippen LogP contribution in [0.5, 0.6) is 0 Å². The van der Waals surface area contributed by atoms with Crippen molar-refractivity contribution in [3.8, 4) is 0 Å². The largest absolute Gasteiger partial charge is 0.392 e. The van der Waals surface area contributed by atoms with Crippen LogP contribution in [0.25, 0.3) is 0 Å². The number of carbonyl (C=O) groups excluding carboxylic acids is 1. The lowest BCUT2D eigenvalue weighted by Gasteiger charge is -2.10. The standard InChI is InChI=1S/C7H16N2O2/c1-5(3-8)7(11)9-4-6(2)10/h5-6,10H,3-4,8H2,1-2H3,(H,9,11)/t5?,6-/m0/s1. The molecule has 1 amide bonds. The summed E-state index contributed by atoms with van der Waals surface area (Å²) in [5.74, 6) is -0.276. The van der Waals surface area contributed by atoms with Gasteiger partial charge in [-0.3, -0.25) is 4.79 Å². The van der Waals surface area contributed by atoms with Crippen LogP contribution in [0.15, 0.2) is 0 Å². The van der Waals surface area contributed by atoms with Crippen LogP contribution in [0.1, 0.15) is 13.8 Å². The number of aliphatic hydroxyl groups is 1. The predicted molar refractivity (Wildman–Crippen MR) is 42.9 cm³/mol. The molecule has 4 N–H and O–H groups in total. The highest BCUT2D eigenvalue weighted by molar-refractivity contribution is 5.78. The molecule has 0 heterocycles. The van der Waals surface area contributed by atoms with E-state index in [1.807, 2.05) is 0 Å². The minimum Gasteiger partial charge on any atom is -0.392 e. The highest BCUT2D eigenvalue weighted by atomic mass is 16.3. The average Bonchev–Trinajstić information content (AvgIpc) is 1.98. The molecule has 2 atom stereocenters. The highest BCUT2D eigenvalue weighted by Crippen LogP contribution is 1.89. The third kappa shape index (κ3) is 4.75. The van der Waals surface area contributed by atoms with E-state index < -0.39 is 6.10 Å². The van der Waals surface area contributed by atoms with Crippen LogP contribution in [0.4, 0.5) is 0 Å². The zero-order valence-corrected chi connectivity index (χ0v) is 7.00. The van der Waals surface area contributed by atoms with Gasteiger partial charge in [0.05, 0.1) is 6.10 Å². The first-order valence-corrected chi connectivity index (χ1v) is 3.73. The fraction of sp³-hybridized carbons (Fsp3) is 0.857. The Hall–Kier alpha value is -0.610. The molecular formula is C7H16N2O2. The number of carbonyl (C=O) groups is 1. The number of rotatable bonds is 4. The molecule has 0 bridgehead atoms. The van der Waals surface area contributed by atoms with Crippen molar-refractivity contribution in [3.05, 3.63) is 0 Å². The average molecular weight is 160 g/mol. The van der Waals surface area contributed by atoms with Crippen LogP contribution in [0.2, 0.25) is 0 Å². The smallest absolute Gasteiger partial charge is 0.224 e. The van der Waals surface area contributed by atoms with Crippen molar-refractivity contribution >= 4 is 5.91 Å². The Kier molecular flexibility index (Phi) is 4.81. The van der Waals surface area contributed by atoms with E-state index in [1.165, 1.54) is 0 Å². The van der Waals surface area contributed by atoms with Crippen molar-refractivity contribution in [2.24, 2.45) is 11.7 Å². The Morgan fingerprint density at radius 1 is 1.64 bits per heavy atom. The van der Waals surface area contributed by atoms with E-state index in [4.69, 9.17) is 10.8 Å². The lowest BCUT2D eigenvalue weighted by molar-refractivity contribution is -0.124. The van der Waals surface area contributed by atoms with Crippen LogP contribution >= 0.6 is 0 Å². The molecule has 11 heavy (non-hydrogen) atoms. The van der Waals surface area contributed by atoms with Crippen LogP contribution in [0.3, 0.4) is 0 Å². The Bertz CT molecular complexity index is 126. The minimum atomic E-state index is -0.496. The maximum atomic E-state index is 11.0. The summed E-state index contributed by atoms with van der Waals surface area (Å²) in [6, 6.07) is 0. The maximum Gasteiger partial charge on any atom is 0.224 e. The molecule has 1 unspecified atom stereocenters. The Morgan fingerprint density at radius 3 is 2.55 bits per heavy atom. The molecule has 0 saturated carbocycles. The van der Waals surface area contributed by atoms with Gasteiger partial charge in [-0.25, -0.2) is 0 Å². The first-order chi connectivity index (χ1) is 5.07. The second kappa shape index (κ2) is 5.09. The van der Waals surface area contributed by atoms with Gasteiger partial charge in [-0.1, -0.05) is 6.92 Å². The molecule has 0 aliphatic heterocycles. The van der Waals surface area contributed by atoms with E-state index in [0.717, 1.165) is 0 Å². The number of nitrogens with one attached hydrogen (secondary N) is 1. The molecule has 0 aromatic heterocycles. The lowest BCUT2D eigenvalue weighted by Crippen LogP contribution is -2.37. The topological polar surface area (TPSA) is 75.4 Å². The Labute approximate surface area is 66.8 Å². The Balaban J connectivity index is 3.52. The van der Waals surface area contributed by atoms with Gasteiger partial charge < -0.3 is 16.2 Å². The molecule has 0 aromatic rings. The van der Waals surface area contributed by atoms with Gasteiger partial charge in [0.1, 0.15) is 0 Å². The van der Waals surface area contributed by atoms with Gasteiger partial charge in [0.2, 0.25) is 5.91 Å². The molecule has 0 radical (unpaired) electrons. The molecule has 4 nitrogen and oxygen atoms in total.